The maximum atomic E-state index is 5.42. The van der Waals surface area contributed by atoms with Gasteiger partial charge < -0.3 is 15.7 Å². The van der Waals surface area contributed by atoms with Crippen molar-refractivity contribution in [1.82, 2.24) is 19.9 Å². The molecule has 0 saturated carbocycles. The van der Waals surface area contributed by atoms with Crippen molar-refractivity contribution in [2.24, 2.45) is 0 Å². The molecular weight excluding hydrogens is 190 g/mol. The third-order valence-electron chi connectivity index (χ3n) is 1.81. The number of hydrogen-bond acceptors (Lipinski definition) is 3. The van der Waals surface area contributed by atoms with Gasteiger partial charge in [-0.05, 0) is 12.1 Å². The van der Waals surface area contributed by atoms with Crippen LogP contribution in [0, 0.1) is 0 Å². The van der Waals surface area contributed by atoms with Gasteiger partial charge in [0.15, 0.2) is 5.95 Å². The van der Waals surface area contributed by atoms with Crippen LogP contribution in [0.2, 0.25) is 0 Å². The van der Waals surface area contributed by atoms with E-state index in [4.69, 9.17) is 5.73 Å². The smallest absolute Gasteiger partial charge is 0.198 e. The van der Waals surface area contributed by atoms with Crippen molar-refractivity contribution < 1.29 is 0 Å². The summed E-state index contributed by atoms with van der Waals surface area (Å²) in [5.41, 5.74) is 7.33. The fraction of sp³-hybridized carbons (Fsp3) is 0. The van der Waals surface area contributed by atoms with E-state index >= 15 is 0 Å². The molecule has 3 aromatic rings. The number of H-pyrrole nitrogens is 2. The van der Waals surface area contributed by atoms with Crippen molar-refractivity contribution in [2.75, 3.05) is 5.73 Å². The second-order valence-corrected chi connectivity index (χ2v) is 2.90. The molecule has 0 aliphatic heterocycles. The number of nitrogens with zero attached hydrogens (tertiary/aromatic N) is 2. The molecule has 0 radical (unpaired) electrons. The predicted molar refractivity (Wildman–Crippen MR) is 59.1 cm³/mol. The number of nitrogens with two attached hydrogens (primary N) is 1. The Morgan fingerprint density at radius 2 is 2.07 bits per heavy atom. The van der Waals surface area contributed by atoms with Gasteiger partial charge in [-0.2, -0.15) is 0 Å². The lowest BCUT2D eigenvalue weighted by Crippen LogP contribution is -1.84. The van der Waals surface area contributed by atoms with Crippen LogP contribution in [0.4, 0.5) is 5.95 Å². The van der Waals surface area contributed by atoms with E-state index in [-0.39, 0.29) is 0 Å². The number of nitrogen functional groups attached to an aromatic ring is 1. The summed E-state index contributed by atoms with van der Waals surface area (Å²) in [6.07, 6.45) is 5.08. The highest BCUT2D eigenvalue weighted by molar-refractivity contribution is 5.76. The zero-order valence-electron chi connectivity index (χ0n) is 8.01. The molecule has 5 nitrogen and oxygen atoms in total. The molecule has 1 aromatic carbocycles. The number of imidazole rings is 2. The predicted octanol–water partition coefficient (Wildman–Crippen LogP) is 1.55. The first-order valence-electron chi connectivity index (χ1n) is 4.49. The topological polar surface area (TPSA) is 83.4 Å². The summed E-state index contributed by atoms with van der Waals surface area (Å²) in [4.78, 5) is 13.4. The summed E-state index contributed by atoms with van der Waals surface area (Å²) in [6, 6.07) is 7.74. The quantitative estimate of drug-likeness (QED) is 0.516. The van der Waals surface area contributed by atoms with E-state index in [2.05, 4.69) is 19.9 Å². The van der Waals surface area contributed by atoms with Gasteiger partial charge >= 0.3 is 0 Å². The SMILES string of the molecule is Nc1nc2ccccc2[nH]1.c1c[nH]cn1. The molecule has 0 spiro atoms. The number of anilines is 1. The van der Waals surface area contributed by atoms with Gasteiger partial charge in [0.05, 0.1) is 17.4 Å². The molecule has 0 atom stereocenters. The summed E-state index contributed by atoms with van der Waals surface area (Å²) in [7, 11) is 0. The molecule has 4 N–H and O–H groups in total. The first kappa shape index (κ1) is 9.26. The normalized spacial score (nSPS) is 9.60. The Hall–Kier alpha value is -2.30. The number of rotatable bonds is 0. The first-order valence-corrected chi connectivity index (χ1v) is 4.49. The lowest BCUT2D eigenvalue weighted by Gasteiger charge is -1.81. The number of hydrogen-bond donors (Lipinski definition) is 3. The van der Waals surface area contributed by atoms with Crippen molar-refractivity contribution in [3.8, 4) is 0 Å². The molecule has 0 fully saturated rings. The number of nitrogens with one attached hydrogen (secondary N) is 2. The molecule has 0 saturated heterocycles. The van der Waals surface area contributed by atoms with Crippen LogP contribution in [0.3, 0.4) is 0 Å². The van der Waals surface area contributed by atoms with Gasteiger partial charge in [0.25, 0.3) is 0 Å². The highest BCUT2D eigenvalue weighted by atomic mass is 15.0. The van der Waals surface area contributed by atoms with Crippen molar-refractivity contribution >= 4 is 17.0 Å². The summed E-state index contributed by atoms with van der Waals surface area (Å²) in [5, 5.41) is 0. The van der Waals surface area contributed by atoms with Crippen LogP contribution in [0.5, 0.6) is 0 Å². The fourth-order valence-corrected chi connectivity index (χ4v) is 1.19. The molecule has 0 amide bonds. The number of fused-ring (bicyclic) bond motifs is 1. The Kier molecular flexibility index (Phi) is 2.64. The van der Waals surface area contributed by atoms with Gasteiger partial charge in [-0.15, -0.1) is 0 Å². The zero-order chi connectivity index (χ0) is 10.5. The lowest BCUT2D eigenvalue weighted by atomic mass is 10.3. The molecule has 0 aliphatic carbocycles. The van der Waals surface area contributed by atoms with E-state index in [0.29, 0.717) is 5.95 Å². The minimum absolute atomic E-state index is 0.473. The van der Waals surface area contributed by atoms with Crippen molar-refractivity contribution in [1.29, 1.82) is 0 Å². The number of para-hydroxylation sites is 2. The minimum Gasteiger partial charge on any atom is -0.369 e. The third kappa shape index (κ3) is 2.34. The van der Waals surface area contributed by atoms with Gasteiger partial charge in [0.2, 0.25) is 0 Å². The van der Waals surface area contributed by atoms with E-state index in [1.165, 1.54) is 0 Å². The maximum Gasteiger partial charge on any atom is 0.198 e. The summed E-state index contributed by atoms with van der Waals surface area (Å²) >= 11 is 0. The molecule has 0 bridgehead atoms. The Bertz CT molecular complexity index is 461. The zero-order valence-corrected chi connectivity index (χ0v) is 8.01. The first-order chi connectivity index (χ1) is 7.36. The van der Waals surface area contributed by atoms with Gasteiger partial charge in [0.1, 0.15) is 0 Å². The maximum absolute atomic E-state index is 5.42. The van der Waals surface area contributed by atoms with E-state index in [1.807, 2.05) is 24.3 Å². The van der Waals surface area contributed by atoms with Crippen LogP contribution in [0.25, 0.3) is 11.0 Å². The Balaban J connectivity index is 0.000000144. The number of aromatic amines is 2. The largest absolute Gasteiger partial charge is 0.369 e. The highest BCUT2D eigenvalue weighted by Gasteiger charge is 1.94. The Morgan fingerprint density at radius 3 is 2.67 bits per heavy atom. The molecule has 5 heteroatoms. The molecular formula is C10H11N5. The number of aromatic nitrogens is 4. The van der Waals surface area contributed by atoms with E-state index < -0.39 is 0 Å². The summed E-state index contributed by atoms with van der Waals surface area (Å²) in [5.74, 6) is 0.473. The van der Waals surface area contributed by atoms with Gasteiger partial charge in [-0.3, -0.25) is 0 Å². The molecule has 0 unspecified atom stereocenters. The second kappa shape index (κ2) is 4.28. The van der Waals surface area contributed by atoms with E-state index in [9.17, 15) is 0 Å². The molecule has 3 rings (SSSR count). The third-order valence-corrected chi connectivity index (χ3v) is 1.81. The molecule has 15 heavy (non-hydrogen) atoms. The van der Waals surface area contributed by atoms with Crippen LogP contribution >= 0.6 is 0 Å². The van der Waals surface area contributed by atoms with Crippen molar-refractivity contribution in [2.45, 2.75) is 0 Å². The molecule has 76 valence electrons. The fourth-order valence-electron chi connectivity index (χ4n) is 1.19. The van der Waals surface area contributed by atoms with Crippen LogP contribution in [-0.2, 0) is 0 Å². The Morgan fingerprint density at radius 1 is 1.20 bits per heavy atom. The van der Waals surface area contributed by atoms with Crippen molar-refractivity contribution in [3.05, 3.63) is 43.0 Å². The van der Waals surface area contributed by atoms with Gasteiger partial charge in [-0.25, -0.2) is 9.97 Å². The Labute approximate surface area is 86.4 Å². The minimum atomic E-state index is 0.473. The van der Waals surface area contributed by atoms with Crippen LogP contribution in [-0.4, -0.2) is 19.9 Å². The standard InChI is InChI=1S/C7H7N3.C3H4N2/c8-7-9-5-3-1-2-4-6(5)10-7;1-2-5-3-4-1/h1-4H,(H3,8,9,10);1-3H,(H,4,5). The molecule has 2 aromatic heterocycles. The number of benzene rings is 1. The van der Waals surface area contributed by atoms with Crippen LogP contribution in [0.1, 0.15) is 0 Å². The average Bonchev–Trinajstić information content (AvgIpc) is 2.87. The van der Waals surface area contributed by atoms with Crippen LogP contribution in [0.15, 0.2) is 43.0 Å². The lowest BCUT2D eigenvalue weighted by molar-refractivity contribution is 1.31. The second-order valence-electron chi connectivity index (χ2n) is 2.90. The van der Waals surface area contributed by atoms with E-state index in [1.54, 1.807) is 18.7 Å². The summed E-state index contributed by atoms with van der Waals surface area (Å²) in [6.45, 7) is 0. The van der Waals surface area contributed by atoms with Crippen LogP contribution < -0.4 is 5.73 Å². The van der Waals surface area contributed by atoms with Gasteiger partial charge in [0, 0.05) is 12.4 Å². The molecule has 0 aliphatic rings. The van der Waals surface area contributed by atoms with Gasteiger partial charge in [-0.1, -0.05) is 12.1 Å². The molecule has 2 heterocycles. The highest BCUT2D eigenvalue weighted by Crippen LogP contribution is 2.10. The van der Waals surface area contributed by atoms with E-state index in [0.717, 1.165) is 11.0 Å². The average molecular weight is 201 g/mol. The van der Waals surface area contributed by atoms with Crippen molar-refractivity contribution in [3.63, 3.8) is 0 Å². The summed E-state index contributed by atoms with van der Waals surface area (Å²) < 4.78 is 0. The monoisotopic (exact) mass is 201 g/mol.